The third-order valence-electron chi connectivity index (χ3n) is 4.62. The third kappa shape index (κ3) is 4.22. The lowest BCUT2D eigenvalue weighted by atomic mass is 9.81. The predicted molar refractivity (Wildman–Crippen MR) is 77.9 cm³/mol. The molecule has 2 heterocycles. The van der Waals surface area contributed by atoms with Crippen molar-refractivity contribution in [3.63, 3.8) is 0 Å². The van der Waals surface area contributed by atoms with Crippen molar-refractivity contribution in [2.24, 2.45) is 11.3 Å². The van der Waals surface area contributed by atoms with Crippen LogP contribution in [-0.2, 0) is 0 Å². The number of nitrogens with zero attached hydrogens (tertiary/aromatic N) is 2. The molecule has 2 rings (SSSR count). The van der Waals surface area contributed by atoms with Crippen molar-refractivity contribution in [2.45, 2.75) is 32.6 Å². The standard InChI is InChI=1S/C15H31N3/c1-15(7-4-8-16-12-15)13-18-9-5-14(6-10-18)11-17(2)3/h14,16H,4-13H2,1-3H3. The topological polar surface area (TPSA) is 18.5 Å². The van der Waals surface area contributed by atoms with E-state index in [2.05, 4.69) is 36.1 Å². The zero-order chi connectivity index (χ0) is 13.0. The summed E-state index contributed by atoms with van der Waals surface area (Å²) in [5.41, 5.74) is 0.520. The van der Waals surface area contributed by atoms with E-state index in [9.17, 15) is 0 Å². The van der Waals surface area contributed by atoms with Crippen molar-refractivity contribution in [3.8, 4) is 0 Å². The molecule has 2 fully saturated rings. The quantitative estimate of drug-likeness (QED) is 0.822. The van der Waals surface area contributed by atoms with E-state index in [1.807, 2.05) is 0 Å². The molecule has 2 aliphatic rings. The number of hydrogen-bond donors (Lipinski definition) is 1. The second-order valence-electron chi connectivity index (χ2n) is 7.07. The highest BCUT2D eigenvalue weighted by Crippen LogP contribution is 2.28. The van der Waals surface area contributed by atoms with Crippen molar-refractivity contribution in [2.75, 3.05) is 53.4 Å². The Balaban J connectivity index is 1.72. The SMILES string of the molecule is CN(C)CC1CCN(CC2(C)CCCNC2)CC1. The minimum absolute atomic E-state index is 0.520. The predicted octanol–water partition coefficient (Wildman–Crippen LogP) is 1.65. The Hall–Kier alpha value is -0.120. The maximum absolute atomic E-state index is 3.57. The lowest BCUT2D eigenvalue weighted by Crippen LogP contribution is -2.48. The molecule has 18 heavy (non-hydrogen) atoms. The highest BCUT2D eigenvalue weighted by molar-refractivity contribution is 4.86. The van der Waals surface area contributed by atoms with E-state index in [4.69, 9.17) is 0 Å². The zero-order valence-electron chi connectivity index (χ0n) is 12.5. The molecule has 0 amide bonds. The van der Waals surface area contributed by atoms with Gasteiger partial charge in [0.15, 0.2) is 0 Å². The number of nitrogens with one attached hydrogen (secondary N) is 1. The van der Waals surface area contributed by atoms with Crippen LogP contribution in [0.3, 0.4) is 0 Å². The van der Waals surface area contributed by atoms with Crippen LogP contribution >= 0.6 is 0 Å². The fourth-order valence-corrected chi connectivity index (χ4v) is 3.64. The molecule has 1 unspecified atom stereocenters. The molecule has 0 saturated carbocycles. The fraction of sp³-hybridized carbons (Fsp3) is 1.00. The molecule has 2 saturated heterocycles. The Morgan fingerprint density at radius 2 is 2.00 bits per heavy atom. The second kappa shape index (κ2) is 6.36. The fourth-order valence-electron chi connectivity index (χ4n) is 3.64. The van der Waals surface area contributed by atoms with Crippen molar-refractivity contribution in [1.82, 2.24) is 15.1 Å². The first kappa shape index (κ1) is 14.3. The summed E-state index contributed by atoms with van der Waals surface area (Å²) in [6.45, 7) is 10.1. The van der Waals surface area contributed by atoms with Gasteiger partial charge in [-0.2, -0.15) is 0 Å². The minimum Gasteiger partial charge on any atom is -0.316 e. The molecule has 1 atom stereocenters. The van der Waals surface area contributed by atoms with Gasteiger partial charge < -0.3 is 15.1 Å². The van der Waals surface area contributed by atoms with E-state index in [0.717, 1.165) is 5.92 Å². The van der Waals surface area contributed by atoms with Gasteiger partial charge in [0.25, 0.3) is 0 Å². The normalized spacial score (nSPS) is 32.0. The minimum atomic E-state index is 0.520. The summed E-state index contributed by atoms with van der Waals surface area (Å²) in [7, 11) is 4.39. The third-order valence-corrected chi connectivity index (χ3v) is 4.62. The molecule has 0 bridgehead atoms. The Bertz CT molecular complexity index is 238. The van der Waals surface area contributed by atoms with Crippen LogP contribution in [0.2, 0.25) is 0 Å². The largest absolute Gasteiger partial charge is 0.316 e. The van der Waals surface area contributed by atoms with E-state index >= 15 is 0 Å². The molecule has 2 aliphatic heterocycles. The molecule has 0 aromatic rings. The maximum atomic E-state index is 3.57. The number of hydrogen-bond acceptors (Lipinski definition) is 3. The Labute approximate surface area is 113 Å². The van der Waals surface area contributed by atoms with Crippen molar-refractivity contribution >= 4 is 0 Å². The summed E-state index contributed by atoms with van der Waals surface area (Å²) in [6.07, 6.45) is 5.54. The van der Waals surface area contributed by atoms with E-state index in [-0.39, 0.29) is 0 Å². The molecule has 1 N–H and O–H groups in total. The van der Waals surface area contributed by atoms with Gasteiger partial charge in [-0.25, -0.2) is 0 Å². The first-order valence-corrected chi connectivity index (χ1v) is 7.65. The van der Waals surface area contributed by atoms with E-state index in [1.165, 1.54) is 65.0 Å². The zero-order valence-corrected chi connectivity index (χ0v) is 12.5. The Kier molecular flexibility index (Phi) is 5.05. The van der Waals surface area contributed by atoms with Crippen LogP contribution < -0.4 is 5.32 Å². The summed E-state index contributed by atoms with van der Waals surface area (Å²) in [6, 6.07) is 0. The highest BCUT2D eigenvalue weighted by Gasteiger charge is 2.30. The Morgan fingerprint density at radius 3 is 2.56 bits per heavy atom. The summed E-state index contributed by atoms with van der Waals surface area (Å²) in [5.74, 6) is 0.925. The van der Waals surface area contributed by atoms with Gasteiger partial charge in [0.1, 0.15) is 0 Å². The monoisotopic (exact) mass is 253 g/mol. The van der Waals surface area contributed by atoms with Crippen molar-refractivity contribution in [3.05, 3.63) is 0 Å². The first-order valence-electron chi connectivity index (χ1n) is 7.65. The summed E-state index contributed by atoms with van der Waals surface area (Å²) < 4.78 is 0. The van der Waals surface area contributed by atoms with Crippen molar-refractivity contribution in [1.29, 1.82) is 0 Å². The maximum Gasteiger partial charge on any atom is 0.00475 e. The first-order chi connectivity index (χ1) is 8.57. The molecule has 0 aromatic carbocycles. The molecular formula is C15H31N3. The van der Waals surface area contributed by atoms with Crippen LogP contribution in [0.5, 0.6) is 0 Å². The van der Waals surface area contributed by atoms with Gasteiger partial charge in [-0.3, -0.25) is 0 Å². The molecule has 0 spiro atoms. The van der Waals surface area contributed by atoms with Gasteiger partial charge in [0.2, 0.25) is 0 Å². The van der Waals surface area contributed by atoms with Crippen LogP contribution in [0, 0.1) is 11.3 Å². The van der Waals surface area contributed by atoms with Gasteiger partial charge in [0, 0.05) is 19.6 Å². The lowest BCUT2D eigenvalue weighted by Gasteiger charge is -2.41. The lowest BCUT2D eigenvalue weighted by molar-refractivity contribution is 0.0939. The van der Waals surface area contributed by atoms with Crippen LogP contribution in [-0.4, -0.2) is 63.2 Å². The van der Waals surface area contributed by atoms with Crippen LogP contribution in [0.15, 0.2) is 0 Å². The van der Waals surface area contributed by atoms with E-state index in [1.54, 1.807) is 0 Å². The number of rotatable bonds is 4. The van der Waals surface area contributed by atoms with Crippen molar-refractivity contribution < 1.29 is 0 Å². The summed E-state index contributed by atoms with van der Waals surface area (Å²) in [5, 5.41) is 3.57. The molecule has 106 valence electrons. The molecule has 3 heteroatoms. The molecular weight excluding hydrogens is 222 g/mol. The van der Waals surface area contributed by atoms with Gasteiger partial charge >= 0.3 is 0 Å². The van der Waals surface area contributed by atoms with Crippen LogP contribution in [0.1, 0.15) is 32.6 Å². The summed E-state index contributed by atoms with van der Waals surface area (Å²) >= 11 is 0. The van der Waals surface area contributed by atoms with E-state index in [0.29, 0.717) is 5.41 Å². The van der Waals surface area contributed by atoms with E-state index < -0.39 is 0 Å². The molecule has 3 nitrogen and oxygen atoms in total. The molecule has 0 radical (unpaired) electrons. The number of likely N-dealkylation sites (tertiary alicyclic amines) is 1. The second-order valence-corrected chi connectivity index (χ2v) is 7.07. The van der Waals surface area contributed by atoms with Gasteiger partial charge in [-0.1, -0.05) is 6.92 Å². The van der Waals surface area contributed by atoms with Gasteiger partial charge in [-0.15, -0.1) is 0 Å². The van der Waals surface area contributed by atoms with Gasteiger partial charge in [-0.05, 0) is 70.7 Å². The Morgan fingerprint density at radius 1 is 1.28 bits per heavy atom. The number of piperidine rings is 2. The molecule has 0 aliphatic carbocycles. The van der Waals surface area contributed by atoms with Crippen LogP contribution in [0.25, 0.3) is 0 Å². The average molecular weight is 253 g/mol. The molecule has 0 aromatic heterocycles. The average Bonchev–Trinajstić information content (AvgIpc) is 2.31. The van der Waals surface area contributed by atoms with Crippen LogP contribution in [0.4, 0.5) is 0 Å². The summed E-state index contributed by atoms with van der Waals surface area (Å²) in [4.78, 5) is 5.05. The highest BCUT2D eigenvalue weighted by atomic mass is 15.1. The van der Waals surface area contributed by atoms with Gasteiger partial charge in [0.05, 0.1) is 0 Å². The smallest absolute Gasteiger partial charge is 0.00475 e.